The lowest BCUT2D eigenvalue weighted by Crippen LogP contribution is -2.36. The Morgan fingerprint density at radius 1 is 1.33 bits per heavy atom. The highest BCUT2D eigenvalue weighted by Crippen LogP contribution is 2.22. The number of amides is 1. The molecule has 1 saturated carbocycles. The van der Waals surface area contributed by atoms with Crippen LogP contribution in [0.5, 0.6) is 0 Å². The molecule has 0 radical (unpaired) electrons. The van der Waals surface area contributed by atoms with Gasteiger partial charge in [-0.1, -0.05) is 19.3 Å². The van der Waals surface area contributed by atoms with Crippen LogP contribution in [0.3, 0.4) is 0 Å². The fourth-order valence-electron chi connectivity index (χ4n) is 4.00. The van der Waals surface area contributed by atoms with Crippen LogP contribution in [0.25, 0.3) is 11.0 Å². The van der Waals surface area contributed by atoms with E-state index in [1.165, 1.54) is 32.1 Å². The zero-order chi connectivity index (χ0) is 19.4. The minimum atomic E-state index is -0.0421. The smallest absolute Gasteiger partial charge is 0.253 e. The molecule has 0 unspecified atom stereocenters. The minimum absolute atomic E-state index is 0.0421. The van der Waals surface area contributed by atoms with E-state index in [0.29, 0.717) is 12.1 Å². The first-order valence-electron chi connectivity index (χ1n) is 10.3. The van der Waals surface area contributed by atoms with Crippen molar-refractivity contribution in [2.45, 2.75) is 71.4 Å². The number of aromatic nitrogens is 3. The summed E-state index contributed by atoms with van der Waals surface area (Å²) in [5.74, 6) is -0.0421. The molecule has 6 heteroatoms. The maximum atomic E-state index is 12.6. The normalized spacial score (nSPS) is 15.8. The Balaban J connectivity index is 1.54. The molecule has 0 spiro atoms. The third kappa shape index (κ3) is 4.67. The Hall–Kier alpha value is -1.95. The van der Waals surface area contributed by atoms with Crippen molar-refractivity contribution in [2.24, 2.45) is 0 Å². The van der Waals surface area contributed by atoms with Crippen LogP contribution in [0.1, 0.15) is 74.5 Å². The number of carbonyl (C=O) groups is 1. The molecule has 148 valence electrons. The standard InChI is InChI=1S/C21H33N5O/c1-15(2)26-20-17(14-23-26)13-19(16(3)24-20)21(27)22-11-8-12-25(4)18-9-6-5-7-10-18/h13-15,18H,5-12H2,1-4H3,(H,22,27). The van der Waals surface area contributed by atoms with Gasteiger partial charge in [0, 0.05) is 24.0 Å². The summed E-state index contributed by atoms with van der Waals surface area (Å²) in [6, 6.07) is 2.88. The van der Waals surface area contributed by atoms with E-state index in [1.54, 1.807) is 6.20 Å². The van der Waals surface area contributed by atoms with Crippen molar-refractivity contribution >= 4 is 16.9 Å². The van der Waals surface area contributed by atoms with Crippen LogP contribution < -0.4 is 5.32 Å². The summed E-state index contributed by atoms with van der Waals surface area (Å²) < 4.78 is 1.89. The molecule has 2 heterocycles. The van der Waals surface area contributed by atoms with E-state index >= 15 is 0 Å². The van der Waals surface area contributed by atoms with Gasteiger partial charge in [0.25, 0.3) is 5.91 Å². The first kappa shape index (κ1) is 19.8. The molecule has 2 aromatic rings. The average Bonchev–Trinajstić information content (AvgIpc) is 3.07. The van der Waals surface area contributed by atoms with Gasteiger partial charge in [-0.3, -0.25) is 4.79 Å². The number of pyridine rings is 1. The summed E-state index contributed by atoms with van der Waals surface area (Å²) in [5, 5.41) is 8.37. The molecule has 3 rings (SSSR count). The van der Waals surface area contributed by atoms with Gasteiger partial charge in [-0.2, -0.15) is 5.10 Å². The molecular formula is C21H33N5O. The van der Waals surface area contributed by atoms with Gasteiger partial charge in [0.1, 0.15) is 0 Å². The van der Waals surface area contributed by atoms with Gasteiger partial charge in [-0.05, 0) is 59.7 Å². The molecule has 0 aliphatic heterocycles. The van der Waals surface area contributed by atoms with Gasteiger partial charge >= 0.3 is 0 Å². The van der Waals surface area contributed by atoms with Crippen molar-refractivity contribution in [3.8, 4) is 0 Å². The van der Waals surface area contributed by atoms with Gasteiger partial charge in [0.05, 0.1) is 17.5 Å². The Morgan fingerprint density at radius 3 is 2.78 bits per heavy atom. The van der Waals surface area contributed by atoms with Crippen molar-refractivity contribution in [3.63, 3.8) is 0 Å². The largest absolute Gasteiger partial charge is 0.352 e. The molecule has 27 heavy (non-hydrogen) atoms. The molecule has 2 aromatic heterocycles. The molecule has 0 saturated heterocycles. The third-order valence-corrected chi connectivity index (χ3v) is 5.66. The van der Waals surface area contributed by atoms with Gasteiger partial charge in [-0.25, -0.2) is 9.67 Å². The van der Waals surface area contributed by atoms with E-state index < -0.39 is 0 Å². The highest BCUT2D eigenvalue weighted by molar-refractivity contribution is 5.98. The maximum absolute atomic E-state index is 12.6. The lowest BCUT2D eigenvalue weighted by Gasteiger charge is -2.31. The first-order chi connectivity index (χ1) is 13.0. The third-order valence-electron chi connectivity index (χ3n) is 5.66. The highest BCUT2D eigenvalue weighted by atomic mass is 16.1. The maximum Gasteiger partial charge on any atom is 0.253 e. The summed E-state index contributed by atoms with van der Waals surface area (Å²) in [4.78, 5) is 19.7. The molecule has 1 amide bonds. The summed E-state index contributed by atoms with van der Waals surface area (Å²) in [7, 11) is 2.21. The first-order valence-corrected chi connectivity index (χ1v) is 10.3. The number of hydrogen-bond acceptors (Lipinski definition) is 4. The van der Waals surface area contributed by atoms with Gasteiger partial charge in [-0.15, -0.1) is 0 Å². The van der Waals surface area contributed by atoms with Crippen molar-refractivity contribution in [2.75, 3.05) is 20.1 Å². The molecular weight excluding hydrogens is 338 g/mol. The molecule has 1 N–H and O–H groups in total. The summed E-state index contributed by atoms with van der Waals surface area (Å²) in [5.41, 5.74) is 2.24. The number of rotatable bonds is 7. The fraction of sp³-hybridized carbons (Fsp3) is 0.667. The number of fused-ring (bicyclic) bond motifs is 1. The van der Waals surface area contributed by atoms with Crippen molar-refractivity contribution in [1.82, 2.24) is 25.0 Å². The fourth-order valence-corrected chi connectivity index (χ4v) is 4.00. The molecule has 1 aliphatic rings. The van der Waals surface area contributed by atoms with E-state index in [1.807, 2.05) is 17.7 Å². The second kappa shape index (κ2) is 8.83. The minimum Gasteiger partial charge on any atom is -0.352 e. The number of nitrogens with one attached hydrogen (secondary N) is 1. The molecule has 0 atom stereocenters. The van der Waals surface area contributed by atoms with Crippen LogP contribution in [-0.4, -0.2) is 51.8 Å². The number of aryl methyl sites for hydroxylation is 1. The molecule has 1 fully saturated rings. The van der Waals surface area contributed by atoms with Crippen LogP contribution in [0.15, 0.2) is 12.3 Å². The quantitative estimate of drug-likeness (QED) is 0.754. The Labute approximate surface area is 162 Å². The SMILES string of the molecule is Cc1nc2c(cnn2C(C)C)cc1C(=O)NCCCN(C)C1CCCCC1. The van der Waals surface area contributed by atoms with Crippen LogP contribution in [-0.2, 0) is 0 Å². The highest BCUT2D eigenvalue weighted by Gasteiger charge is 2.18. The molecule has 1 aliphatic carbocycles. The monoisotopic (exact) mass is 371 g/mol. The molecule has 0 bridgehead atoms. The van der Waals surface area contributed by atoms with Crippen LogP contribution in [0, 0.1) is 6.92 Å². The predicted octanol–water partition coefficient (Wildman–Crippen LogP) is 3.71. The van der Waals surface area contributed by atoms with E-state index in [2.05, 4.69) is 41.2 Å². The second-order valence-electron chi connectivity index (χ2n) is 8.10. The Bertz CT molecular complexity index is 776. The lowest BCUT2D eigenvalue weighted by molar-refractivity contribution is 0.0949. The molecule has 0 aromatic carbocycles. The van der Waals surface area contributed by atoms with Crippen LogP contribution >= 0.6 is 0 Å². The van der Waals surface area contributed by atoms with Crippen LogP contribution in [0.4, 0.5) is 0 Å². The van der Waals surface area contributed by atoms with Crippen molar-refractivity contribution in [1.29, 1.82) is 0 Å². The Morgan fingerprint density at radius 2 is 2.07 bits per heavy atom. The van der Waals surface area contributed by atoms with E-state index in [-0.39, 0.29) is 11.9 Å². The zero-order valence-electron chi connectivity index (χ0n) is 17.2. The second-order valence-corrected chi connectivity index (χ2v) is 8.10. The van der Waals surface area contributed by atoms with E-state index in [0.717, 1.165) is 35.7 Å². The predicted molar refractivity (Wildman–Crippen MR) is 109 cm³/mol. The topological polar surface area (TPSA) is 63.1 Å². The Kier molecular flexibility index (Phi) is 6.47. The van der Waals surface area contributed by atoms with Gasteiger partial charge in [0.2, 0.25) is 0 Å². The lowest BCUT2D eigenvalue weighted by atomic mass is 9.94. The van der Waals surface area contributed by atoms with Crippen molar-refractivity contribution in [3.05, 3.63) is 23.5 Å². The number of hydrogen-bond donors (Lipinski definition) is 1. The van der Waals surface area contributed by atoms with E-state index in [9.17, 15) is 4.79 Å². The summed E-state index contributed by atoms with van der Waals surface area (Å²) in [6.45, 7) is 7.77. The van der Waals surface area contributed by atoms with Gasteiger partial charge < -0.3 is 10.2 Å². The van der Waals surface area contributed by atoms with Gasteiger partial charge in [0.15, 0.2) is 5.65 Å². The zero-order valence-corrected chi connectivity index (χ0v) is 17.2. The summed E-state index contributed by atoms with van der Waals surface area (Å²) in [6.07, 6.45) is 9.49. The molecule has 6 nitrogen and oxygen atoms in total. The number of carbonyl (C=O) groups excluding carboxylic acids is 1. The van der Waals surface area contributed by atoms with Crippen LogP contribution in [0.2, 0.25) is 0 Å². The van der Waals surface area contributed by atoms with E-state index in [4.69, 9.17) is 0 Å². The van der Waals surface area contributed by atoms with Crippen molar-refractivity contribution < 1.29 is 4.79 Å². The number of nitrogens with zero attached hydrogens (tertiary/aromatic N) is 4. The average molecular weight is 372 g/mol. The summed E-state index contributed by atoms with van der Waals surface area (Å²) >= 11 is 0.